The smallest absolute Gasteiger partial charge is 0.326 e. The summed E-state index contributed by atoms with van der Waals surface area (Å²) >= 11 is 0. The minimum absolute atomic E-state index is 0.0123. The second-order valence-electron chi connectivity index (χ2n) is 10.4. The topological polar surface area (TPSA) is 118 Å². The number of morpholine rings is 1. The van der Waals surface area contributed by atoms with Gasteiger partial charge in [-0.1, -0.05) is 12.1 Å². The molecule has 39 heavy (non-hydrogen) atoms. The monoisotopic (exact) mass is 535 g/mol. The fourth-order valence-electron chi connectivity index (χ4n) is 5.69. The van der Waals surface area contributed by atoms with Crippen LogP contribution in [0.25, 0.3) is 11.0 Å². The lowest BCUT2D eigenvalue weighted by Crippen LogP contribution is -2.41. The van der Waals surface area contributed by atoms with Crippen molar-refractivity contribution in [3.05, 3.63) is 58.0 Å². The van der Waals surface area contributed by atoms with Crippen LogP contribution in [0.4, 0.5) is 5.69 Å². The molecule has 10 heteroatoms. The number of H-pyrrole nitrogens is 1. The van der Waals surface area contributed by atoms with E-state index >= 15 is 0 Å². The van der Waals surface area contributed by atoms with Gasteiger partial charge in [-0.25, -0.2) is 4.79 Å². The van der Waals surface area contributed by atoms with Crippen LogP contribution in [0.2, 0.25) is 0 Å². The number of nitrogens with zero attached hydrogens (tertiary/aromatic N) is 2. The standard InChI is InChI=1S/C29H37N5O5/c1-19-6-9-21(18-25(19)38-2)31-27(35)20-7-10-22(11-8-20)34-24-5-3-4-23(26(24)32-29(34)37)28(36)30-12-13-33-14-16-39-17-15-33/h3-6,9,18,20,22H,7-8,10-17H2,1-2H3,(H,30,36)(H,31,35)(H,32,37). The molecule has 1 aliphatic heterocycles. The SMILES string of the molecule is COc1cc(NC(=O)C2CCC(n3c(=O)[nH]c4c(C(=O)NCCN5CCOCC5)cccc43)CC2)ccc1C. The van der Waals surface area contributed by atoms with Gasteiger partial charge in [-0.2, -0.15) is 0 Å². The average molecular weight is 536 g/mol. The van der Waals surface area contributed by atoms with Crippen LogP contribution in [0, 0.1) is 12.8 Å². The predicted molar refractivity (Wildman–Crippen MR) is 150 cm³/mol. The maximum absolute atomic E-state index is 13.0. The van der Waals surface area contributed by atoms with E-state index in [9.17, 15) is 14.4 Å². The van der Waals surface area contributed by atoms with Crippen LogP contribution < -0.4 is 21.1 Å². The largest absolute Gasteiger partial charge is 0.496 e. The molecule has 3 aromatic rings. The summed E-state index contributed by atoms with van der Waals surface area (Å²) in [7, 11) is 1.62. The summed E-state index contributed by atoms with van der Waals surface area (Å²) in [5.41, 5.74) is 3.24. The summed E-state index contributed by atoms with van der Waals surface area (Å²) in [5, 5.41) is 6.00. The summed E-state index contributed by atoms with van der Waals surface area (Å²) < 4.78 is 12.5. The first-order chi connectivity index (χ1) is 18.9. The number of hydrogen-bond donors (Lipinski definition) is 3. The number of nitrogens with one attached hydrogen (secondary N) is 3. The number of rotatable bonds is 8. The van der Waals surface area contributed by atoms with Crippen molar-refractivity contribution in [1.29, 1.82) is 0 Å². The number of para-hydroxylation sites is 1. The second kappa shape index (κ2) is 12.0. The Morgan fingerprint density at radius 2 is 1.87 bits per heavy atom. The Labute approximate surface area is 227 Å². The van der Waals surface area contributed by atoms with Crippen LogP contribution >= 0.6 is 0 Å². The van der Waals surface area contributed by atoms with E-state index in [1.165, 1.54) is 0 Å². The number of hydrogen-bond acceptors (Lipinski definition) is 6. The molecule has 1 aromatic heterocycles. The molecule has 2 aliphatic rings. The predicted octanol–water partition coefficient (Wildman–Crippen LogP) is 3.08. The summed E-state index contributed by atoms with van der Waals surface area (Å²) in [4.78, 5) is 44.2. The minimum Gasteiger partial charge on any atom is -0.496 e. The van der Waals surface area contributed by atoms with Gasteiger partial charge in [0.15, 0.2) is 0 Å². The molecule has 0 radical (unpaired) electrons. The normalized spacial score (nSPS) is 20.1. The number of aromatic nitrogens is 2. The number of ether oxygens (including phenoxy) is 2. The Bertz CT molecular complexity index is 1380. The number of aryl methyl sites for hydroxylation is 1. The highest BCUT2D eigenvalue weighted by atomic mass is 16.5. The molecule has 2 fully saturated rings. The molecule has 2 heterocycles. The van der Waals surface area contributed by atoms with Gasteiger partial charge in [0.1, 0.15) is 5.75 Å². The Morgan fingerprint density at radius 1 is 1.10 bits per heavy atom. The third kappa shape index (κ3) is 6.02. The number of fused-ring (bicyclic) bond motifs is 1. The van der Waals surface area contributed by atoms with Crippen molar-refractivity contribution in [2.45, 2.75) is 38.6 Å². The lowest BCUT2D eigenvalue weighted by Gasteiger charge is -2.28. The van der Waals surface area contributed by atoms with Gasteiger partial charge in [0.05, 0.1) is 36.9 Å². The average Bonchev–Trinajstić information content (AvgIpc) is 3.30. The van der Waals surface area contributed by atoms with Gasteiger partial charge in [0.25, 0.3) is 5.91 Å². The molecule has 0 atom stereocenters. The molecule has 0 bridgehead atoms. The van der Waals surface area contributed by atoms with E-state index in [2.05, 4.69) is 20.5 Å². The summed E-state index contributed by atoms with van der Waals surface area (Å²) in [5.74, 6) is 0.402. The molecule has 2 amide bonds. The Balaban J connectivity index is 1.22. The van der Waals surface area contributed by atoms with Gasteiger partial charge in [-0.3, -0.25) is 19.1 Å². The lowest BCUT2D eigenvalue weighted by molar-refractivity contribution is -0.121. The van der Waals surface area contributed by atoms with Gasteiger partial charge in [0, 0.05) is 49.9 Å². The van der Waals surface area contributed by atoms with Crippen molar-refractivity contribution in [1.82, 2.24) is 19.8 Å². The summed E-state index contributed by atoms with van der Waals surface area (Å²) in [6.07, 6.45) is 2.77. The second-order valence-corrected chi connectivity index (χ2v) is 10.4. The minimum atomic E-state index is -0.224. The third-order valence-corrected chi connectivity index (χ3v) is 7.92. The number of benzene rings is 2. The molecule has 1 aliphatic carbocycles. The number of imidazole rings is 1. The van der Waals surface area contributed by atoms with E-state index in [1.54, 1.807) is 17.7 Å². The summed E-state index contributed by atoms with van der Waals surface area (Å²) in [6.45, 7) is 6.42. The highest BCUT2D eigenvalue weighted by Crippen LogP contribution is 2.34. The van der Waals surface area contributed by atoms with Crippen molar-refractivity contribution >= 4 is 28.5 Å². The molecule has 3 N–H and O–H groups in total. The molecule has 1 saturated heterocycles. The Hall–Kier alpha value is -3.63. The Morgan fingerprint density at radius 3 is 2.62 bits per heavy atom. The molecule has 0 unspecified atom stereocenters. The van der Waals surface area contributed by atoms with Crippen LogP contribution in [-0.2, 0) is 9.53 Å². The molecule has 208 valence electrons. The van der Waals surface area contributed by atoms with E-state index in [0.717, 1.165) is 49.7 Å². The van der Waals surface area contributed by atoms with Crippen LogP contribution in [0.3, 0.4) is 0 Å². The van der Waals surface area contributed by atoms with E-state index in [4.69, 9.17) is 9.47 Å². The van der Waals surface area contributed by atoms with Gasteiger partial charge >= 0.3 is 5.69 Å². The maximum Gasteiger partial charge on any atom is 0.326 e. The fourth-order valence-corrected chi connectivity index (χ4v) is 5.69. The number of aromatic amines is 1. The molecule has 5 rings (SSSR count). The van der Waals surface area contributed by atoms with E-state index in [-0.39, 0.29) is 29.5 Å². The van der Waals surface area contributed by atoms with Crippen molar-refractivity contribution in [2.75, 3.05) is 51.8 Å². The zero-order chi connectivity index (χ0) is 27.4. The van der Waals surface area contributed by atoms with Crippen molar-refractivity contribution in [3.63, 3.8) is 0 Å². The quantitative estimate of drug-likeness (QED) is 0.408. The van der Waals surface area contributed by atoms with Crippen LogP contribution in [0.5, 0.6) is 5.75 Å². The zero-order valence-corrected chi connectivity index (χ0v) is 22.6. The van der Waals surface area contributed by atoms with E-state index in [0.29, 0.717) is 49.0 Å². The van der Waals surface area contributed by atoms with Crippen molar-refractivity contribution in [3.8, 4) is 5.75 Å². The highest BCUT2D eigenvalue weighted by Gasteiger charge is 2.29. The fraction of sp³-hybridized carbons (Fsp3) is 0.483. The van der Waals surface area contributed by atoms with E-state index in [1.807, 2.05) is 37.3 Å². The number of carbonyl (C=O) groups excluding carboxylic acids is 2. The first-order valence-electron chi connectivity index (χ1n) is 13.7. The van der Waals surface area contributed by atoms with Crippen molar-refractivity contribution in [2.24, 2.45) is 5.92 Å². The highest BCUT2D eigenvalue weighted by molar-refractivity contribution is 6.05. The Kier molecular flexibility index (Phi) is 8.33. The number of amides is 2. The summed E-state index contributed by atoms with van der Waals surface area (Å²) in [6, 6.07) is 11.0. The van der Waals surface area contributed by atoms with Gasteiger partial charge in [0.2, 0.25) is 5.91 Å². The van der Waals surface area contributed by atoms with Gasteiger partial charge < -0.3 is 25.1 Å². The number of anilines is 1. The first kappa shape index (κ1) is 27.0. The maximum atomic E-state index is 13.0. The van der Waals surface area contributed by atoms with Crippen LogP contribution in [-0.4, -0.2) is 72.8 Å². The van der Waals surface area contributed by atoms with Gasteiger partial charge in [-0.05, 0) is 56.4 Å². The van der Waals surface area contributed by atoms with Crippen LogP contribution in [0.15, 0.2) is 41.2 Å². The number of carbonyl (C=O) groups is 2. The molecule has 1 saturated carbocycles. The molecule has 0 spiro atoms. The zero-order valence-electron chi connectivity index (χ0n) is 22.6. The molecular weight excluding hydrogens is 498 g/mol. The van der Waals surface area contributed by atoms with Crippen LogP contribution in [0.1, 0.15) is 47.6 Å². The molecular formula is C29H37N5O5. The van der Waals surface area contributed by atoms with E-state index < -0.39 is 0 Å². The van der Waals surface area contributed by atoms with Crippen molar-refractivity contribution < 1.29 is 19.1 Å². The molecule has 2 aromatic carbocycles. The number of methoxy groups -OCH3 is 1. The first-order valence-corrected chi connectivity index (χ1v) is 13.7. The van der Waals surface area contributed by atoms with Gasteiger partial charge in [-0.15, -0.1) is 0 Å². The molecule has 10 nitrogen and oxygen atoms in total. The third-order valence-electron chi connectivity index (χ3n) is 7.92. The lowest BCUT2D eigenvalue weighted by atomic mass is 9.85.